The number of nitrogens with one attached hydrogen (secondary N) is 1. The van der Waals surface area contributed by atoms with Gasteiger partial charge in [-0.2, -0.15) is 0 Å². The normalized spacial score (nSPS) is 15.9. The van der Waals surface area contributed by atoms with Gasteiger partial charge in [0.1, 0.15) is 11.6 Å². The van der Waals surface area contributed by atoms with E-state index in [2.05, 4.69) is 38.0 Å². The monoisotopic (exact) mass is 419 g/mol. The van der Waals surface area contributed by atoms with Gasteiger partial charge in [-0.1, -0.05) is 23.8 Å². The molecule has 0 bridgehead atoms. The summed E-state index contributed by atoms with van der Waals surface area (Å²) in [4.78, 5) is 15.1. The fourth-order valence-corrected chi connectivity index (χ4v) is 4.05. The Morgan fingerprint density at radius 2 is 2.03 bits per heavy atom. The summed E-state index contributed by atoms with van der Waals surface area (Å²) in [7, 11) is 0. The van der Waals surface area contributed by atoms with Crippen molar-refractivity contribution >= 4 is 12.0 Å². The number of aryl methyl sites for hydroxylation is 1. The number of benzene rings is 1. The Labute approximate surface area is 182 Å². The lowest BCUT2D eigenvalue weighted by Crippen LogP contribution is -2.31. The van der Waals surface area contributed by atoms with Gasteiger partial charge in [0, 0.05) is 38.2 Å². The first-order chi connectivity index (χ1) is 15.0. The van der Waals surface area contributed by atoms with Crippen LogP contribution in [0.25, 0.3) is 6.08 Å². The van der Waals surface area contributed by atoms with Gasteiger partial charge in [0.2, 0.25) is 0 Å². The number of carbonyl (C=O) groups is 1. The van der Waals surface area contributed by atoms with Crippen molar-refractivity contribution in [3.63, 3.8) is 0 Å². The molecule has 0 fully saturated rings. The molecule has 0 aliphatic carbocycles. The van der Waals surface area contributed by atoms with Crippen LogP contribution in [0.2, 0.25) is 0 Å². The molecule has 31 heavy (non-hydrogen) atoms. The van der Waals surface area contributed by atoms with E-state index in [-0.39, 0.29) is 11.9 Å². The molecule has 1 aliphatic rings. The number of furan rings is 1. The molecule has 162 valence electrons. The second-order valence-electron chi connectivity index (χ2n) is 8.17. The molecule has 7 nitrogen and oxygen atoms in total. The third-order valence-electron chi connectivity index (χ3n) is 5.68. The van der Waals surface area contributed by atoms with Crippen LogP contribution in [-0.4, -0.2) is 45.2 Å². The highest BCUT2D eigenvalue weighted by molar-refractivity contribution is 5.95. The molecular weight excluding hydrogens is 390 g/mol. The van der Waals surface area contributed by atoms with Crippen LogP contribution in [0, 0.1) is 6.92 Å². The van der Waals surface area contributed by atoms with E-state index < -0.39 is 0 Å². The van der Waals surface area contributed by atoms with Gasteiger partial charge < -0.3 is 14.3 Å². The Balaban J connectivity index is 1.40. The maximum absolute atomic E-state index is 12.7. The third-order valence-corrected chi connectivity index (χ3v) is 5.68. The molecule has 1 atom stereocenters. The van der Waals surface area contributed by atoms with Gasteiger partial charge in [0.15, 0.2) is 5.82 Å². The van der Waals surface area contributed by atoms with Crippen LogP contribution in [0.3, 0.4) is 0 Å². The highest BCUT2D eigenvalue weighted by Gasteiger charge is 2.23. The number of hydrogen-bond acceptors (Lipinski definition) is 5. The first kappa shape index (κ1) is 21.1. The Hall–Kier alpha value is -3.19. The minimum Gasteiger partial charge on any atom is -0.465 e. The van der Waals surface area contributed by atoms with E-state index in [9.17, 15) is 4.79 Å². The number of hydrogen-bond donors (Lipinski definition) is 1. The van der Waals surface area contributed by atoms with Crippen LogP contribution >= 0.6 is 0 Å². The molecule has 3 heterocycles. The summed E-state index contributed by atoms with van der Waals surface area (Å²) in [6.07, 6.45) is 4.61. The molecule has 3 aromatic rings. The molecule has 1 aromatic carbocycles. The summed E-state index contributed by atoms with van der Waals surface area (Å²) in [5, 5.41) is 11.9. The summed E-state index contributed by atoms with van der Waals surface area (Å²) in [6.45, 7) is 9.55. The number of aromatic nitrogens is 3. The van der Waals surface area contributed by atoms with E-state index in [1.165, 1.54) is 5.57 Å². The van der Waals surface area contributed by atoms with Gasteiger partial charge in [-0.05, 0) is 50.6 Å². The number of rotatable bonds is 6. The molecule has 2 aromatic heterocycles. The van der Waals surface area contributed by atoms with Gasteiger partial charge >= 0.3 is 0 Å². The molecule has 1 N–H and O–H groups in total. The lowest BCUT2D eigenvalue weighted by molar-refractivity contribution is 0.0937. The average molecular weight is 420 g/mol. The predicted octanol–water partition coefficient (Wildman–Crippen LogP) is 3.63. The van der Waals surface area contributed by atoms with Crippen LogP contribution in [0.4, 0.5) is 0 Å². The average Bonchev–Trinajstić information content (AvgIpc) is 3.35. The zero-order valence-corrected chi connectivity index (χ0v) is 18.3. The van der Waals surface area contributed by atoms with E-state index in [1.807, 2.05) is 50.2 Å². The van der Waals surface area contributed by atoms with Crippen LogP contribution in [0.5, 0.6) is 0 Å². The molecule has 0 saturated heterocycles. The first-order valence-corrected chi connectivity index (χ1v) is 10.7. The summed E-state index contributed by atoms with van der Waals surface area (Å²) >= 11 is 0. The molecular formula is C24H29N5O2. The molecule has 1 amide bonds. The second-order valence-corrected chi connectivity index (χ2v) is 8.17. The van der Waals surface area contributed by atoms with Crippen molar-refractivity contribution in [1.29, 1.82) is 0 Å². The Bertz CT molecular complexity index is 1070. The SMILES string of the molecule is C/C(=C\c1ccco1)CN1CCc2nnc(C(C)NC(=O)c3ccccc3C)n2CC1. The molecule has 1 aliphatic heterocycles. The van der Waals surface area contributed by atoms with Gasteiger partial charge in [0.05, 0.1) is 12.3 Å². The van der Waals surface area contributed by atoms with Crippen LogP contribution in [0.1, 0.15) is 53.2 Å². The molecule has 0 radical (unpaired) electrons. The van der Waals surface area contributed by atoms with Crippen LogP contribution in [-0.2, 0) is 13.0 Å². The minimum absolute atomic E-state index is 0.0862. The Morgan fingerprint density at radius 1 is 1.19 bits per heavy atom. The van der Waals surface area contributed by atoms with E-state index in [0.717, 1.165) is 55.6 Å². The lowest BCUT2D eigenvalue weighted by Gasteiger charge is -2.20. The van der Waals surface area contributed by atoms with Gasteiger partial charge in [-0.15, -0.1) is 10.2 Å². The van der Waals surface area contributed by atoms with Crippen molar-refractivity contribution in [3.05, 3.63) is 76.8 Å². The highest BCUT2D eigenvalue weighted by Crippen LogP contribution is 2.18. The van der Waals surface area contributed by atoms with Crippen molar-refractivity contribution in [2.45, 2.75) is 39.8 Å². The van der Waals surface area contributed by atoms with Crippen molar-refractivity contribution in [3.8, 4) is 0 Å². The van der Waals surface area contributed by atoms with Crippen molar-refractivity contribution in [1.82, 2.24) is 25.0 Å². The van der Waals surface area contributed by atoms with E-state index in [4.69, 9.17) is 4.42 Å². The fourth-order valence-electron chi connectivity index (χ4n) is 4.05. The third kappa shape index (κ3) is 4.94. The Morgan fingerprint density at radius 3 is 2.81 bits per heavy atom. The second kappa shape index (κ2) is 9.31. The van der Waals surface area contributed by atoms with Crippen LogP contribution < -0.4 is 5.32 Å². The summed E-state index contributed by atoms with van der Waals surface area (Å²) in [6, 6.07) is 11.2. The zero-order valence-electron chi connectivity index (χ0n) is 18.3. The van der Waals surface area contributed by atoms with E-state index in [1.54, 1.807) is 6.26 Å². The van der Waals surface area contributed by atoms with Gasteiger partial charge in [-0.3, -0.25) is 9.69 Å². The Kier molecular flexibility index (Phi) is 6.32. The maximum Gasteiger partial charge on any atom is 0.252 e. The summed E-state index contributed by atoms with van der Waals surface area (Å²) in [5.41, 5.74) is 2.91. The van der Waals surface area contributed by atoms with E-state index in [0.29, 0.717) is 5.56 Å². The first-order valence-electron chi connectivity index (χ1n) is 10.7. The lowest BCUT2D eigenvalue weighted by atomic mass is 10.1. The number of fused-ring (bicyclic) bond motifs is 1. The molecule has 7 heteroatoms. The van der Waals surface area contributed by atoms with Crippen LogP contribution in [0.15, 0.2) is 52.7 Å². The summed E-state index contributed by atoms with van der Waals surface area (Å²) in [5.74, 6) is 2.57. The molecule has 0 spiro atoms. The predicted molar refractivity (Wildman–Crippen MR) is 120 cm³/mol. The standard InChI is InChI=1S/C24H29N5O2/c1-17(15-20-8-6-14-31-20)16-28-11-10-22-26-27-23(29(22)13-12-28)19(3)25-24(30)21-9-5-4-7-18(21)2/h4-9,14-15,19H,10-13,16H2,1-3H3,(H,25,30)/b17-15+. The zero-order chi connectivity index (χ0) is 21.8. The highest BCUT2D eigenvalue weighted by atomic mass is 16.3. The minimum atomic E-state index is -0.222. The van der Waals surface area contributed by atoms with E-state index >= 15 is 0 Å². The topological polar surface area (TPSA) is 76.2 Å². The fraction of sp³-hybridized carbons (Fsp3) is 0.375. The number of carbonyl (C=O) groups excluding carboxylic acids is 1. The van der Waals surface area contributed by atoms with Crippen molar-refractivity contribution < 1.29 is 9.21 Å². The number of amides is 1. The maximum atomic E-state index is 12.7. The summed E-state index contributed by atoms with van der Waals surface area (Å²) < 4.78 is 7.58. The van der Waals surface area contributed by atoms with Crippen molar-refractivity contribution in [2.24, 2.45) is 0 Å². The largest absolute Gasteiger partial charge is 0.465 e. The van der Waals surface area contributed by atoms with Gasteiger partial charge in [0.25, 0.3) is 5.91 Å². The number of nitrogens with zero attached hydrogens (tertiary/aromatic N) is 4. The smallest absolute Gasteiger partial charge is 0.252 e. The molecule has 1 unspecified atom stereocenters. The quantitative estimate of drug-likeness (QED) is 0.660. The molecule has 4 rings (SSSR count). The molecule has 0 saturated carbocycles. The van der Waals surface area contributed by atoms with Gasteiger partial charge in [-0.25, -0.2) is 0 Å². The van der Waals surface area contributed by atoms with Crippen molar-refractivity contribution in [2.75, 3.05) is 19.6 Å².